The van der Waals surface area contributed by atoms with Crippen molar-refractivity contribution in [3.8, 4) is 39.1 Å². The lowest BCUT2D eigenvalue weighted by atomic mass is 10.1. The summed E-state index contributed by atoms with van der Waals surface area (Å²) >= 11 is 9.47. The molecule has 1 nitrogen and oxygen atoms in total. The van der Waals surface area contributed by atoms with Gasteiger partial charge < -0.3 is 4.57 Å². The quantitative estimate of drug-likeness (QED) is 0.156. The van der Waals surface area contributed by atoms with Crippen LogP contribution in [-0.4, -0.2) is 4.57 Å². The third-order valence-electron chi connectivity index (χ3n) is 9.54. The van der Waals surface area contributed by atoms with Crippen molar-refractivity contribution in [2.45, 2.75) is 6.42 Å². The maximum absolute atomic E-state index is 3.62. The first-order valence-corrected chi connectivity index (χ1v) is 20.2. The van der Waals surface area contributed by atoms with Crippen LogP contribution in [0.25, 0.3) is 60.9 Å². The van der Waals surface area contributed by atoms with Gasteiger partial charge in [-0.15, -0.1) is 0 Å². The van der Waals surface area contributed by atoms with E-state index in [2.05, 4.69) is 247 Å². The smallest absolute Gasteiger partial charge is 0.0541 e. The van der Waals surface area contributed by atoms with E-state index in [4.69, 9.17) is 0 Å². The van der Waals surface area contributed by atoms with E-state index < -0.39 is 0 Å². The SMILES string of the molecule is Brc1ccc2c(c1)-c1ccccc1C2.Brc1ccc2c(c1)c1ccccc1n2-c1cccc(-c2ccccc2)c1.Ic1cccc(-c2ccccc2)c1. The summed E-state index contributed by atoms with van der Waals surface area (Å²) in [5, 5.41) is 2.54. The highest BCUT2D eigenvalue weighted by atomic mass is 127. The van der Waals surface area contributed by atoms with Gasteiger partial charge in [0.15, 0.2) is 0 Å². The Kier molecular flexibility index (Phi) is 10.7. The van der Waals surface area contributed by atoms with E-state index >= 15 is 0 Å². The molecule has 1 heterocycles. The Morgan fingerprint density at radius 3 is 1.72 bits per heavy atom. The van der Waals surface area contributed by atoms with Gasteiger partial charge in [0.05, 0.1) is 11.0 Å². The Balaban J connectivity index is 0.000000125. The van der Waals surface area contributed by atoms with Crippen LogP contribution in [0.2, 0.25) is 0 Å². The Morgan fingerprint density at radius 1 is 0.396 bits per heavy atom. The van der Waals surface area contributed by atoms with Gasteiger partial charge in [-0.05, 0) is 134 Å². The normalized spacial score (nSPS) is 11.2. The van der Waals surface area contributed by atoms with Gasteiger partial charge in [0, 0.05) is 29.0 Å². The zero-order valence-corrected chi connectivity index (χ0v) is 34.1. The molecule has 0 atom stereocenters. The summed E-state index contributed by atoms with van der Waals surface area (Å²) in [5.41, 5.74) is 14.3. The van der Waals surface area contributed by atoms with Crippen LogP contribution in [0, 0.1) is 3.57 Å². The van der Waals surface area contributed by atoms with E-state index in [1.807, 2.05) is 6.07 Å². The first-order valence-electron chi connectivity index (χ1n) is 17.5. The van der Waals surface area contributed by atoms with Crippen molar-refractivity contribution in [3.63, 3.8) is 0 Å². The summed E-state index contributed by atoms with van der Waals surface area (Å²) in [6.07, 6.45) is 1.08. The van der Waals surface area contributed by atoms with Crippen molar-refractivity contribution in [2.24, 2.45) is 0 Å². The Hall–Kier alpha value is -4.75. The summed E-state index contributed by atoms with van der Waals surface area (Å²) in [5.74, 6) is 0. The molecule has 256 valence electrons. The molecule has 9 aromatic rings. The second-order valence-electron chi connectivity index (χ2n) is 12.9. The van der Waals surface area contributed by atoms with E-state index in [9.17, 15) is 0 Å². The van der Waals surface area contributed by atoms with Crippen LogP contribution >= 0.6 is 54.5 Å². The van der Waals surface area contributed by atoms with Crippen LogP contribution in [0.4, 0.5) is 0 Å². The molecule has 1 aliphatic rings. The topological polar surface area (TPSA) is 4.93 Å². The minimum Gasteiger partial charge on any atom is -0.309 e. The predicted octanol–water partition coefficient (Wildman–Crippen LogP) is 15.2. The minimum absolute atomic E-state index is 1.08. The van der Waals surface area contributed by atoms with E-state index in [1.54, 1.807) is 0 Å². The Bertz CT molecular complexity index is 2680. The molecule has 53 heavy (non-hydrogen) atoms. The molecule has 4 heteroatoms. The van der Waals surface area contributed by atoms with Crippen molar-refractivity contribution in [2.75, 3.05) is 0 Å². The number of hydrogen-bond acceptors (Lipinski definition) is 0. The van der Waals surface area contributed by atoms with Crippen molar-refractivity contribution in [1.82, 2.24) is 4.57 Å². The number of fused-ring (bicyclic) bond motifs is 6. The number of benzene rings is 8. The zero-order valence-electron chi connectivity index (χ0n) is 28.8. The third kappa shape index (κ3) is 7.82. The molecule has 0 saturated heterocycles. The first kappa shape index (κ1) is 35.3. The zero-order chi connectivity index (χ0) is 36.1. The summed E-state index contributed by atoms with van der Waals surface area (Å²) in [6, 6.07) is 68.5. The molecule has 0 unspecified atom stereocenters. The van der Waals surface area contributed by atoms with Crippen LogP contribution in [0.3, 0.4) is 0 Å². The van der Waals surface area contributed by atoms with Gasteiger partial charge in [-0.25, -0.2) is 0 Å². The van der Waals surface area contributed by atoms with Crippen LogP contribution < -0.4 is 0 Å². The molecule has 0 radical (unpaired) electrons. The molecule has 0 saturated carbocycles. The van der Waals surface area contributed by atoms with Gasteiger partial charge in [0.1, 0.15) is 0 Å². The third-order valence-corrected chi connectivity index (χ3v) is 11.2. The van der Waals surface area contributed by atoms with Gasteiger partial charge in [-0.3, -0.25) is 0 Å². The van der Waals surface area contributed by atoms with Crippen molar-refractivity contribution < 1.29 is 0 Å². The van der Waals surface area contributed by atoms with E-state index in [0.717, 1.165) is 15.4 Å². The van der Waals surface area contributed by atoms with Crippen LogP contribution in [0.1, 0.15) is 11.1 Å². The van der Waals surface area contributed by atoms with Crippen LogP contribution in [0.15, 0.2) is 203 Å². The second kappa shape index (κ2) is 16.1. The molecule has 1 aliphatic carbocycles. The van der Waals surface area contributed by atoms with Crippen LogP contribution in [0.5, 0.6) is 0 Å². The lowest BCUT2D eigenvalue weighted by Gasteiger charge is -2.10. The molecule has 0 N–H and O–H groups in total. The second-order valence-corrected chi connectivity index (χ2v) is 16.0. The highest BCUT2D eigenvalue weighted by Gasteiger charge is 2.17. The summed E-state index contributed by atoms with van der Waals surface area (Å²) in [6.45, 7) is 0. The summed E-state index contributed by atoms with van der Waals surface area (Å²) in [7, 11) is 0. The first-order chi connectivity index (χ1) is 26.0. The van der Waals surface area contributed by atoms with Crippen molar-refractivity contribution in [3.05, 3.63) is 218 Å². The molecule has 10 rings (SSSR count). The minimum atomic E-state index is 1.08. The predicted molar refractivity (Wildman–Crippen MR) is 241 cm³/mol. The number of para-hydroxylation sites is 1. The number of nitrogens with zero attached hydrogens (tertiary/aromatic N) is 1. The van der Waals surface area contributed by atoms with Crippen molar-refractivity contribution >= 4 is 76.3 Å². The van der Waals surface area contributed by atoms with Crippen LogP contribution in [-0.2, 0) is 6.42 Å². The summed E-state index contributed by atoms with van der Waals surface area (Å²) < 4.78 is 5.89. The molecule has 8 aromatic carbocycles. The van der Waals surface area contributed by atoms with Gasteiger partial charge in [-0.2, -0.15) is 0 Å². The van der Waals surface area contributed by atoms with E-state index in [0.29, 0.717) is 0 Å². The molecule has 1 aromatic heterocycles. The number of rotatable bonds is 3. The maximum Gasteiger partial charge on any atom is 0.0541 e. The fourth-order valence-corrected chi connectivity index (χ4v) is 8.34. The van der Waals surface area contributed by atoms with Gasteiger partial charge in [0.2, 0.25) is 0 Å². The largest absolute Gasteiger partial charge is 0.309 e. The highest BCUT2D eigenvalue weighted by molar-refractivity contribution is 14.1. The molecule has 0 aliphatic heterocycles. The molecule has 0 fully saturated rings. The average Bonchev–Trinajstić information content (AvgIpc) is 3.74. The molecular formula is C49H34Br2IN. The number of aromatic nitrogens is 1. The van der Waals surface area contributed by atoms with Gasteiger partial charge >= 0.3 is 0 Å². The fraction of sp³-hybridized carbons (Fsp3) is 0.0204. The maximum atomic E-state index is 3.62. The molecular weight excluding hydrogens is 889 g/mol. The monoisotopic (exact) mass is 921 g/mol. The van der Waals surface area contributed by atoms with E-state index in [-0.39, 0.29) is 0 Å². The van der Waals surface area contributed by atoms with Crippen molar-refractivity contribution in [1.29, 1.82) is 0 Å². The summed E-state index contributed by atoms with van der Waals surface area (Å²) in [4.78, 5) is 0. The van der Waals surface area contributed by atoms with Gasteiger partial charge in [0.25, 0.3) is 0 Å². The molecule has 0 bridgehead atoms. The molecule has 0 spiro atoms. The standard InChI is InChI=1S/C24H16BrN.C13H9Br.C12H9I/c25-19-13-14-24-22(16-19)21-11-4-5-12-23(21)26(24)20-10-6-9-18(15-20)17-7-2-1-3-8-17;14-11-6-5-10-7-9-3-1-2-4-12(9)13(10)8-11;13-12-8-4-7-11(9-12)10-5-2-1-3-6-10/h1-16H;1-6,8H,7H2;1-9H. The Labute approximate surface area is 341 Å². The van der Waals surface area contributed by atoms with E-state index in [1.165, 1.54) is 75.6 Å². The number of hydrogen-bond donors (Lipinski definition) is 0. The van der Waals surface area contributed by atoms with Gasteiger partial charge in [-0.1, -0.05) is 165 Å². The average molecular weight is 924 g/mol. The molecule has 0 amide bonds. The number of halogens is 3. The fourth-order valence-electron chi connectivity index (χ4n) is 7.07. The Morgan fingerprint density at radius 2 is 0.962 bits per heavy atom. The highest BCUT2D eigenvalue weighted by Crippen LogP contribution is 2.38. The lowest BCUT2D eigenvalue weighted by Crippen LogP contribution is -1.94. The lowest BCUT2D eigenvalue weighted by molar-refractivity contribution is 1.18.